The van der Waals surface area contributed by atoms with E-state index in [1.807, 2.05) is 6.92 Å². The zero-order valence-corrected chi connectivity index (χ0v) is 16.3. The number of aryl methyl sites for hydroxylation is 1. The topological polar surface area (TPSA) is 22.4 Å². The fraction of sp³-hybridized carbons (Fsp3) is 0.529. The molecular formula is C17H24BrO2Si. The van der Waals surface area contributed by atoms with Crippen LogP contribution in [0.5, 0.6) is 0 Å². The molecule has 0 spiro atoms. The van der Waals surface area contributed by atoms with E-state index >= 15 is 0 Å². The summed E-state index contributed by atoms with van der Waals surface area (Å²) in [6.45, 7) is 14.1. The molecule has 0 unspecified atom stereocenters. The third-order valence-electron chi connectivity index (χ3n) is 4.33. The smallest absolute Gasteiger partial charge is 0.141 e. The number of fused-ring (bicyclic) bond motifs is 1. The summed E-state index contributed by atoms with van der Waals surface area (Å²) in [7, 11) is -0.388. The van der Waals surface area contributed by atoms with Crippen LogP contribution in [0.4, 0.5) is 0 Å². The van der Waals surface area contributed by atoms with Gasteiger partial charge in [-0.15, -0.1) is 0 Å². The summed E-state index contributed by atoms with van der Waals surface area (Å²) in [5, 5.41) is 1.39. The monoisotopic (exact) mass is 367 g/mol. The molecule has 1 heterocycles. The fourth-order valence-electron chi connectivity index (χ4n) is 2.12. The third kappa shape index (κ3) is 3.43. The molecule has 0 aliphatic rings. The van der Waals surface area contributed by atoms with Crippen LogP contribution < -0.4 is 0 Å². The van der Waals surface area contributed by atoms with Crippen molar-refractivity contribution in [1.82, 2.24) is 0 Å². The first kappa shape index (κ1) is 16.8. The lowest BCUT2D eigenvalue weighted by Gasteiger charge is -2.29. The molecule has 2 aromatic rings. The van der Waals surface area contributed by atoms with Crippen LogP contribution in [0.3, 0.4) is 0 Å². The summed E-state index contributed by atoms with van der Waals surface area (Å²) in [6, 6.07) is 6.24. The molecule has 2 nitrogen and oxygen atoms in total. The Kier molecular flexibility index (Phi) is 5.01. The van der Waals surface area contributed by atoms with E-state index in [0.29, 0.717) is 0 Å². The minimum atomic E-state index is -0.388. The molecule has 0 fully saturated rings. The molecular weight excluding hydrogens is 344 g/mol. The number of para-hydroxylation sites is 1. The highest BCUT2D eigenvalue weighted by atomic mass is 79.9. The van der Waals surface area contributed by atoms with E-state index in [1.165, 1.54) is 0 Å². The summed E-state index contributed by atoms with van der Waals surface area (Å²) >= 11 is 3.59. The Morgan fingerprint density at radius 2 is 2.00 bits per heavy atom. The van der Waals surface area contributed by atoms with Crippen molar-refractivity contribution in [3.8, 4) is 0 Å². The van der Waals surface area contributed by atoms with Crippen molar-refractivity contribution in [1.29, 1.82) is 0 Å². The summed E-state index contributed by atoms with van der Waals surface area (Å²) < 4.78 is 13.1. The van der Waals surface area contributed by atoms with Gasteiger partial charge in [0.2, 0.25) is 0 Å². The van der Waals surface area contributed by atoms with Gasteiger partial charge in [-0.3, -0.25) is 0 Å². The summed E-state index contributed by atoms with van der Waals surface area (Å²) in [5.41, 5.74) is 2.06. The van der Waals surface area contributed by atoms with Gasteiger partial charge < -0.3 is 9.15 Å². The van der Waals surface area contributed by atoms with E-state index in [2.05, 4.69) is 68.0 Å². The Bertz CT molecular complexity index is 631. The van der Waals surface area contributed by atoms with Gasteiger partial charge >= 0.3 is 0 Å². The van der Waals surface area contributed by atoms with E-state index in [-0.39, 0.29) is 19.9 Å². The Morgan fingerprint density at radius 1 is 1.33 bits per heavy atom. The van der Waals surface area contributed by atoms with E-state index < -0.39 is 0 Å². The highest BCUT2D eigenvalue weighted by molar-refractivity contribution is 9.10. The molecule has 21 heavy (non-hydrogen) atoms. The maximum absolute atomic E-state index is 6.16. The lowest BCUT2D eigenvalue weighted by molar-refractivity contribution is 0.0503. The van der Waals surface area contributed by atoms with Crippen molar-refractivity contribution in [2.75, 3.05) is 6.61 Å². The number of furan rings is 1. The quantitative estimate of drug-likeness (QED) is 0.594. The summed E-state index contributed by atoms with van der Waals surface area (Å²) in [6.07, 6.45) is 0.0341. The van der Waals surface area contributed by atoms with Gasteiger partial charge in [0.25, 0.3) is 0 Å². The second kappa shape index (κ2) is 6.27. The van der Waals surface area contributed by atoms with Crippen molar-refractivity contribution in [3.63, 3.8) is 0 Å². The van der Waals surface area contributed by atoms with Gasteiger partial charge in [-0.1, -0.05) is 39.1 Å². The molecule has 0 aliphatic heterocycles. The highest BCUT2D eigenvalue weighted by Gasteiger charge is 2.26. The minimum absolute atomic E-state index is 0.0341. The average Bonchev–Trinajstić information content (AvgIpc) is 2.72. The van der Waals surface area contributed by atoms with Gasteiger partial charge in [-0.05, 0) is 40.9 Å². The molecule has 1 aromatic heterocycles. The Morgan fingerprint density at radius 3 is 2.62 bits per heavy atom. The summed E-state index contributed by atoms with van der Waals surface area (Å²) in [5.74, 6) is 0.914. The molecule has 115 valence electrons. The molecule has 1 atom stereocenters. The van der Waals surface area contributed by atoms with Gasteiger partial charge in [0, 0.05) is 17.6 Å². The molecule has 4 heteroatoms. The van der Waals surface area contributed by atoms with Crippen LogP contribution in [0.2, 0.25) is 18.1 Å². The number of ether oxygens (including phenoxy) is 1. The molecule has 1 aromatic carbocycles. The van der Waals surface area contributed by atoms with Gasteiger partial charge in [0.05, 0.1) is 19.4 Å². The van der Waals surface area contributed by atoms with Crippen LogP contribution >= 0.6 is 15.9 Å². The zero-order valence-electron chi connectivity index (χ0n) is 13.7. The van der Waals surface area contributed by atoms with E-state index in [0.717, 1.165) is 33.4 Å². The number of hydrogen-bond acceptors (Lipinski definition) is 2. The maximum Gasteiger partial charge on any atom is 0.141 e. The predicted octanol–water partition coefficient (Wildman–Crippen LogP) is 6.12. The molecule has 1 radical (unpaired) electrons. The van der Waals surface area contributed by atoms with Gasteiger partial charge in [-0.25, -0.2) is 0 Å². The Balaban J connectivity index is 2.24. The summed E-state index contributed by atoms with van der Waals surface area (Å²) in [4.78, 5) is 0. The second-order valence-corrected chi connectivity index (χ2v) is 10.7. The van der Waals surface area contributed by atoms with Crippen molar-refractivity contribution in [2.45, 2.75) is 51.9 Å². The highest BCUT2D eigenvalue weighted by Crippen LogP contribution is 2.37. The van der Waals surface area contributed by atoms with Gasteiger partial charge in [0.15, 0.2) is 0 Å². The number of halogens is 1. The van der Waals surface area contributed by atoms with Crippen LogP contribution in [-0.2, 0) is 4.74 Å². The molecule has 0 amide bonds. The molecule has 0 saturated heterocycles. The lowest BCUT2D eigenvalue weighted by Crippen LogP contribution is -2.26. The lowest BCUT2D eigenvalue weighted by atomic mass is 10.1. The van der Waals surface area contributed by atoms with E-state index in [4.69, 9.17) is 9.15 Å². The zero-order chi connectivity index (χ0) is 15.8. The number of rotatable bonds is 5. The average molecular weight is 368 g/mol. The SMILES string of the molecule is Cc1oc2c([C@H](C)OCC(C)(C)[Si](C)C)cccc2c1Br. The van der Waals surface area contributed by atoms with Gasteiger partial charge in [-0.2, -0.15) is 0 Å². The number of benzene rings is 1. The molecule has 0 N–H and O–H groups in total. The fourth-order valence-corrected chi connectivity index (χ4v) is 2.88. The van der Waals surface area contributed by atoms with Crippen molar-refractivity contribution in [3.05, 3.63) is 34.0 Å². The predicted molar refractivity (Wildman–Crippen MR) is 94.5 cm³/mol. The molecule has 0 saturated carbocycles. The Hall–Kier alpha value is -0.583. The van der Waals surface area contributed by atoms with Crippen molar-refractivity contribution < 1.29 is 9.15 Å². The van der Waals surface area contributed by atoms with Crippen LogP contribution in [0.25, 0.3) is 11.0 Å². The van der Waals surface area contributed by atoms with E-state index in [9.17, 15) is 0 Å². The van der Waals surface area contributed by atoms with Crippen LogP contribution in [0.15, 0.2) is 27.1 Å². The molecule has 2 rings (SSSR count). The largest absolute Gasteiger partial charge is 0.460 e. The molecule has 0 aliphatic carbocycles. The standard InChI is InChI=1S/C17H24BrO2Si/c1-11(19-10-17(3,4)21(5)6)13-8-7-9-14-15(18)12(2)20-16(13)14/h7-9,11H,10H2,1-6H3/t11-/m0/s1. The van der Waals surface area contributed by atoms with Crippen LogP contribution in [0.1, 0.15) is 38.2 Å². The van der Waals surface area contributed by atoms with Crippen LogP contribution in [0, 0.1) is 6.92 Å². The maximum atomic E-state index is 6.16. The first-order chi connectivity index (χ1) is 9.74. The first-order valence-electron chi connectivity index (χ1n) is 7.34. The normalized spacial score (nSPS) is 14.1. The van der Waals surface area contributed by atoms with Crippen molar-refractivity contribution >= 4 is 35.7 Å². The second-order valence-electron chi connectivity index (χ2n) is 6.53. The third-order valence-corrected chi connectivity index (χ3v) is 8.17. The van der Waals surface area contributed by atoms with E-state index in [1.54, 1.807) is 0 Å². The van der Waals surface area contributed by atoms with Gasteiger partial charge in [0.1, 0.15) is 11.3 Å². The van der Waals surface area contributed by atoms with Crippen molar-refractivity contribution in [2.24, 2.45) is 0 Å². The first-order valence-corrected chi connectivity index (χ1v) is 10.6. The van der Waals surface area contributed by atoms with Crippen LogP contribution in [-0.4, -0.2) is 15.4 Å². The molecule has 0 bridgehead atoms. The minimum Gasteiger partial charge on any atom is -0.460 e. The Labute approximate surface area is 137 Å². The number of hydrogen-bond donors (Lipinski definition) is 0.